The molecule has 2 aromatic carbocycles. The normalized spacial score (nSPS) is 14.9. The molecule has 8 heteroatoms. The minimum Gasteiger partial charge on any atom is -0.306 e. The Balaban J connectivity index is 1.87. The van der Waals surface area contributed by atoms with Crippen molar-refractivity contribution in [2.45, 2.75) is 38.5 Å². The summed E-state index contributed by atoms with van der Waals surface area (Å²) in [4.78, 5) is 15.0. The maximum absolute atomic E-state index is 13.4. The number of hydrazone groups is 1. The fourth-order valence-corrected chi connectivity index (χ4v) is 4.74. The van der Waals surface area contributed by atoms with Crippen LogP contribution in [0.3, 0.4) is 0 Å². The Labute approximate surface area is 184 Å². The lowest BCUT2D eigenvalue weighted by molar-refractivity contribution is -0.119. The van der Waals surface area contributed by atoms with E-state index in [1.165, 1.54) is 0 Å². The van der Waals surface area contributed by atoms with Gasteiger partial charge in [0.05, 0.1) is 10.6 Å². The van der Waals surface area contributed by atoms with Crippen LogP contribution in [0, 0.1) is 20.8 Å². The van der Waals surface area contributed by atoms with Gasteiger partial charge in [-0.3, -0.25) is 9.10 Å². The van der Waals surface area contributed by atoms with Crippen LogP contribution in [0.25, 0.3) is 0 Å². The van der Waals surface area contributed by atoms with Crippen LogP contribution >= 0.6 is 0 Å². The second-order valence-corrected chi connectivity index (χ2v) is 9.97. The molecular weight excluding hydrogens is 412 g/mol. The van der Waals surface area contributed by atoms with Crippen LogP contribution in [-0.4, -0.2) is 51.6 Å². The van der Waals surface area contributed by atoms with Crippen LogP contribution in [0.15, 0.2) is 52.5 Å². The first kappa shape index (κ1) is 23.0. The van der Waals surface area contributed by atoms with Crippen LogP contribution in [0.1, 0.15) is 29.5 Å². The molecule has 31 heavy (non-hydrogen) atoms. The quantitative estimate of drug-likeness (QED) is 0.698. The van der Waals surface area contributed by atoms with Crippen LogP contribution in [0.5, 0.6) is 0 Å². The summed E-state index contributed by atoms with van der Waals surface area (Å²) in [5.74, 6) is -0.472. The summed E-state index contributed by atoms with van der Waals surface area (Å²) < 4.78 is 28.0. The van der Waals surface area contributed by atoms with E-state index in [9.17, 15) is 13.2 Å². The number of aryl methyl sites for hydroxylation is 3. The van der Waals surface area contributed by atoms with Crippen molar-refractivity contribution in [1.29, 1.82) is 0 Å². The Bertz CT molecular complexity index is 1070. The predicted octanol–water partition coefficient (Wildman–Crippen LogP) is 3.00. The SMILES string of the molecule is Cc1ccc(S(=O)(=O)N(CC(=O)NN=C2CCN(C)CC2)c2ccc(C)c(C)c2)cc1. The zero-order chi connectivity index (χ0) is 22.6. The summed E-state index contributed by atoms with van der Waals surface area (Å²) in [6.07, 6.45) is 1.58. The van der Waals surface area contributed by atoms with E-state index >= 15 is 0 Å². The van der Waals surface area contributed by atoms with Gasteiger partial charge in [0, 0.05) is 31.6 Å². The maximum atomic E-state index is 13.4. The molecule has 0 atom stereocenters. The van der Waals surface area contributed by atoms with Gasteiger partial charge in [0.15, 0.2) is 0 Å². The van der Waals surface area contributed by atoms with Crippen LogP contribution < -0.4 is 9.73 Å². The van der Waals surface area contributed by atoms with Gasteiger partial charge in [-0.2, -0.15) is 5.10 Å². The highest BCUT2D eigenvalue weighted by Gasteiger charge is 2.27. The summed E-state index contributed by atoms with van der Waals surface area (Å²) in [5, 5.41) is 4.23. The fourth-order valence-electron chi connectivity index (χ4n) is 3.33. The Hall–Kier alpha value is -2.71. The number of anilines is 1. The van der Waals surface area contributed by atoms with Crippen molar-refractivity contribution >= 4 is 27.3 Å². The monoisotopic (exact) mass is 442 g/mol. The van der Waals surface area contributed by atoms with Crippen molar-refractivity contribution < 1.29 is 13.2 Å². The first-order chi connectivity index (χ1) is 14.7. The van der Waals surface area contributed by atoms with E-state index in [0.29, 0.717) is 5.69 Å². The largest absolute Gasteiger partial charge is 0.306 e. The number of hydrogen-bond acceptors (Lipinski definition) is 5. The third kappa shape index (κ3) is 5.71. The van der Waals surface area contributed by atoms with Crippen molar-refractivity contribution in [3.8, 4) is 0 Å². The molecular formula is C23H30N4O3S. The molecule has 3 rings (SSSR count). The molecule has 0 bridgehead atoms. The molecule has 1 amide bonds. The summed E-state index contributed by atoms with van der Waals surface area (Å²) in [6, 6.07) is 12.0. The van der Waals surface area contributed by atoms with Gasteiger partial charge in [-0.15, -0.1) is 0 Å². The first-order valence-corrected chi connectivity index (χ1v) is 11.8. The molecule has 0 saturated carbocycles. The van der Waals surface area contributed by atoms with Gasteiger partial charge in [-0.25, -0.2) is 13.8 Å². The third-order valence-corrected chi connectivity index (χ3v) is 7.37. The third-order valence-electron chi connectivity index (χ3n) is 5.58. The maximum Gasteiger partial charge on any atom is 0.264 e. The standard InChI is InChI=1S/C23H30N4O3S/c1-17-5-9-22(10-6-17)31(29,30)27(21-8-7-18(2)19(3)15-21)16-23(28)25-24-20-11-13-26(4)14-12-20/h5-10,15H,11-14,16H2,1-4H3,(H,25,28). The lowest BCUT2D eigenvalue weighted by Crippen LogP contribution is -2.40. The highest BCUT2D eigenvalue weighted by molar-refractivity contribution is 7.92. The summed E-state index contributed by atoms with van der Waals surface area (Å²) in [6.45, 7) is 7.21. The minimum atomic E-state index is -3.93. The molecule has 0 aliphatic carbocycles. The predicted molar refractivity (Wildman–Crippen MR) is 124 cm³/mol. The molecule has 1 saturated heterocycles. The summed E-state index contributed by atoms with van der Waals surface area (Å²) in [5.41, 5.74) is 6.89. The average molecular weight is 443 g/mol. The molecule has 166 valence electrons. The van der Waals surface area contributed by atoms with Crippen LogP contribution in [0.2, 0.25) is 0 Å². The van der Waals surface area contributed by atoms with Crippen LogP contribution in [-0.2, 0) is 14.8 Å². The molecule has 1 fully saturated rings. The molecule has 0 unspecified atom stereocenters. The van der Waals surface area contributed by atoms with E-state index in [1.54, 1.807) is 36.4 Å². The Morgan fingerprint density at radius 1 is 1.03 bits per heavy atom. The van der Waals surface area contributed by atoms with Gasteiger partial charge < -0.3 is 4.90 Å². The second kappa shape index (κ2) is 9.62. The van der Waals surface area contributed by atoms with E-state index in [-0.39, 0.29) is 11.4 Å². The number of rotatable bonds is 6. The number of carbonyl (C=O) groups is 1. The van der Waals surface area contributed by atoms with Crippen molar-refractivity contribution in [3.05, 3.63) is 59.2 Å². The zero-order valence-electron chi connectivity index (χ0n) is 18.6. The summed E-state index contributed by atoms with van der Waals surface area (Å²) in [7, 11) is -1.88. The number of nitrogens with one attached hydrogen (secondary N) is 1. The number of sulfonamides is 1. The lowest BCUT2D eigenvalue weighted by atomic mass is 10.1. The molecule has 0 radical (unpaired) electrons. The molecule has 1 heterocycles. The number of benzene rings is 2. The lowest BCUT2D eigenvalue weighted by Gasteiger charge is -2.25. The Morgan fingerprint density at radius 3 is 2.29 bits per heavy atom. The molecule has 0 aromatic heterocycles. The van der Waals surface area contributed by atoms with Gasteiger partial charge in [0.1, 0.15) is 6.54 Å². The average Bonchev–Trinajstić information content (AvgIpc) is 2.74. The number of hydrogen-bond donors (Lipinski definition) is 1. The smallest absolute Gasteiger partial charge is 0.264 e. The van der Waals surface area contributed by atoms with Gasteiger partial charge in [-0.05, 0) is 63.2 Å². The highest BCUT2D eigenvalue weighted by atomic mass is 32.2. The van der Waals surface area contributed by atoms with Crippen LogP contribution in [0.4, 0.5) is 5.69 Å². The van der Waals surface area contributed by atoms with Gasteiger partial charge in [0.2, 0.25) is 0 Å². The molecule has 1 N–H and O–H groups in total. The van der Waals surface area contributed by atoms with Gasteiger partial charge >= 0.3 is 0 Å². The molecule has 1 aliphatic rings. The van der Waals surface area contributed by atoms with Crippen molar-refractivity contribution in [2.24, 2.45) is 5.10 Å². The van der Waals surface area contributed by atoms with Gasteiger partial charge in [-0.1, -0.05) is 23.8 Å². The fraction of sp³-hybridized carbons (Fsp3) is 0.391. The first-order valence-electron chi connectivity index (χ1n) is 10.4. The van der Waals surface area contributed by atoms with Gasteiger partial charge in [0.25, 0.3) is 15.9 Å². The van der Waals surface area contributed by atoms with E-state index in [2.05, 4.69) is 15.4 Å². The molecule has 2 aromatic rings. The molecule has 7 nitrogen and oxygen atoms in total. The van der Waals surface area contributed by atoms with E-state index < -0.39 is 15.9 Å². The topological polar surface area (TPSA) is 82.1 Å². The number of nitrogens with zero attached hydrogens (tertiary/aromatic N) is 3. The van der Waals surface area contributed by atoms with Crippen molar-refractivity contribution in [1.82, 2.24) is 10.3 Å². The zero-order valence-corrected chi connectivity index (χ0v) is 19.4. The van der Waals surface area contributed by atoms with Crippen molar-refractivity contribution in [2.75, 3.05) is 31.0 Å². The number of piperidine rings is 1. The minimum absolute atomic E-state index is 0.144. The van der Waals surface area contributed by atoms with E-state index in [0.717, 1.165) is 52.6 Å². The second-order valence-electron chi connectivity index (χ2n) is 8.11. The number of likely N-dealkylation sites (tertiary alicyclic amines) is 1. The van der Waals surface area contributed by atoms with Crippen molar-refractivity contribution in [3.63, 3.8) is 0 Å². The number of amides is 1. The van der Waals surface area contributed by atoms with E-state index in [4.69, 9.17) is 0 Å². The summed E-state index contributed by atoms with van der Waals surface area (Å²) >= 11 is 0. The Kier molecular flexibility index (Phi) is 7.12. The Morgan fingerprint density at radius 2 is 1.68 bits per heavy atom. The number of carbonyl (C=O) groups excluding carboxylic acids is 1. The highest BCUT2D eigenvalue weighted by Crippen LogP contribution is 2.26. The molecule has 0 spiro atoms. The molecule has 1 aliphatic heterocycles. The van der Waals surface area contributed by atoms with E-state index in [1.807, 2.05) is 33.9 Å².